The normalized spacial score (nSPS) is 11.1. The molecule has 0 atom stereocenters. The highest BCUT2D eigenvalue weighted by Gasteiger charge is 2.03. The molecule has 0 radical (unpaired) electrons. The predicted molar refractivity (Wildman–Crippen MR) is 50.0 cm³/mol. The number of rotatable bonds is 0. The van der Waals surface area contributed by atoms with E-state index in [4.69, 9.17) is 0 Å². The van der Waals surface area contributed by atoms with Gasteiger partial charge in [0.05, 0.1) is 11.7 Å². The molecule has 3 rings (SSSR count). The first-order chi connectivity index (χ1) is 6.84. The van der Waals surface area contributed by atoms with E-state index in [0.717, 1.165) is 5.52 Å². The standard InChI is InChI=1S/C9H6N4O/c14-6-1-2-7-8(5-6)13-9(12-11-7)3-4-10-13/h1-5,14H. The van der Waals surface area contributed by atoms with Crippen molar-refractivity contribution in [1.29, 1.82) is 0 Å². The summed E-state index contributed by atoms with van der Waals surface area (Å²) < 4.78 is 1.64. The first-order valence-corrected chi connectivity index (χ1v) is 4.14. The number of phenols is 1. The highest BCUT2D eigenvalue weighted by Crippen LogP contribution is 2.17. The number of hydrogen-bond acceptors (Lipinski definition) is 4. The molecule has 0 unspecified atom stereocenters. The summed E-state index contributed by atoms with van der Waals surface area (Å²) in [7, 11) is 0. The van der Waals surface area contributed by atoms with Crippen LogP contribution in [0.3, 0.4) is 0 Å². The van der Waals surface area contributed by atoms with Crippen LogP contribution in [-0.4, -0.2) is 24.9 Å². The van der Waals surface area contributed by atoms with E-state index < -0.39 is 0 Å². The van der Waals surface area contributed by atoms with Crippen molar-refractivity contribution < 1.29 is 5.11 Å². The molecule has 68 valence electrons. The molecule has 0 saturated heterocycles. The van der Waals surface area contributed by atoms with Gasteiger partial charge in [-0.2, -0.15) is 5.10 Å². The molecule has 5 heteroatoms. The summed E-state index contributed by atoms with van der Waals surface area (Å²) in [6.45, 7) is 0. The van der Waals surface area contributed by atoms with Crippen LogP contribution in [-0.2, 0) is 0 Å². The topological polar surface area (TPSA) is 63.3 Å². The van der Waals surface area contributed by atoms with Gasteiger partial charge in [-0.3, -0.25) is 0 Å². The van der Waals surface area contributed by atoms with Crippen LogP contribution in [0.15, 0.2) is 30.5 Å². The third-order valence-corrected chi connectivity index (χ3v) is 2.07. The molecule has 14 heavy (non-hydrogen) atoms. The number of fused-ring (bicyclic) bond motifs is 3. The fourth-order valence-corrected chi connectivity index (χ4v) is 1.43. The predicted octanol–water partition coefficient (Wildman–Crippen LogP) is 0.983. The molecule has 0 bridgehead atoms. The van der Waals surface area contributed by atoms with Crippen LogP contribution < -0.4 is 0 Å². The molecule has 2 aromatic heterocycles. The quantitative estimate of drug-likeness (QED) is 0.568. The summed E-state index contributed by atoms with van der Waals surface area (Å²) in [6, 6.07) is 6.66. The minimum atomic E-state index is 0.197. The van der Waals surface area contributed by atoms with Gasteiger partial charge in [0.15, 0.2) is 5.65 Å². The molecule has 1 N–H and O–H groups in total. The lowest BCUT2D eigenvalue weighted by Crippen LogP contribution is -1.95. The average Bonchev–Trinajstić information content (AvgIpc) is 2.65. The van der Waals surface area contributed by atoms with Gasteiger partial charge in [-0.05, 0) is 12.1 Å². The van der Waals surface area contributed by atoms with E-state index in [1.807, 2.05) is 0 Å². The second kappa shape index (κ2) is 2.41. The monoisotopic (exact) mass is 186 g/mol. The van der Waals surface area contributed by atoms with Gasteiger partial charge in [0.25, 0.3) is 0 Å². The van der Waals surface area contributed by atoms with E-state index in [1.165, 1.54) is 0 Å². The summed E-state index contributed by atoms with van der Waals surface area (Å²) >= 11 is 0. The van der Waals surface area contributed by atoms with Crippen LogP contribution in [0, 0.1) is 0 Å². The smallest absolute Gasteiger partial charge is 0.177 e. The molecule has 1 aromatic carbocycles. The third-order valence-electron chi connectivity index (χ3n) is 2.07. The highest BCUT2D eigenvalue weighted by molar-refractivity contribution is 5.77. The maximum Gasteiger partial charge on any atom is 0.177 e. The van der Waals surface area contributed by atoms with E-state index in [0.29, 0.717) is 11.2 Å². The lowest BCUT2D eigenvalue weighted by atomic mass is 10.3. The average molecular weight is 186 g/mol. The number of benzene rings is 1. The maximum atomic E-state index is 9.34. The fourth-order valence-electron chi connectivity index (χ4n) is 1.43. The molecule has 0 fully saturated rings. The number of phenolic OH excluding ortho intramolecular Hbond substituents is 1. The van der Waals surface area contributed by atoms with Crippen molar-refractivity contribution >= 4 is 16.7 Å². The Morgan fingerprint density at radius 3 is 3.00 bits per heavy atom. The van der Waals surface area contributed by atoms with Crippen LogP contribution in [0.2, 0.25) is 0 Å². The zero-order chi connectivity index (χ0) is 9.54. The minimum absolute atomic E-state index is 0.197. The molecule has 5 nitrogen and oxygen atoms in total. The van der Waals surface area contributed by atoms with Gasteiger partial charge in [0, 0.05) is 12.1 Å². The first kappa shape index (κ1) is 7.25. The Kier molecular flexibility index (Phi) is 1.25. The SMILES string of the molecule is Oc1ccc2nnc3ccnn3c2c1. The summed E-state index contributed by atoms with van der Waals surface area (Å²) in [5, 5.41) is 21.4. The van der Waals surface area contributed by atoms with Crippen molar-refractivity contribution in [2.45, 2.75) is 0 Å². The lowest BCUT2D eigenvalue weighted by Gasteiger charge is -1.99. The van der Waals surface area contributed by atoms with Gasteiger partial charge >= 0.3 is 0 Å². The second-order valence-electron chi connectivity index (χ2n) is 2.97. The highest BCUT2D eigenvalue weighted by atomic mass is 16.3. The number of aromatic nitrogens is 4. The van der Waals surface area contributed by atoms with Crippen LogP contribution in [0.25, 0.3) is 16.7 Å². The Morgan fingerprint density at radius 1 is 1.14 bits per heavy atom. The van der Waals surface area contributed by atoms with Gasteiger partial charge in [0.1, 0.15) is 11.3 Å². The van der Waals surface area contributed by atoms with Crippen molar-refractivity contribution in [3.05, 3.63) is 30.5 Å². The molecule has 0 amide bonds. The van der Waals surface area contributed by atoms with Crippen LogP contribution >= 0.6 is 0 Å². The van der Waals surface area contributed by atoms with E-state index in [9.17, 15) is 5.11 Å². The largest absolute Gasteiger partial charge is 0.508 e. The van der Waals surface area contributed by atoms with E-state index in [-0.39, 0.29) is 5.75 Å². The van der Waals surface area contributed by atoms with Crippen molar-refractivity contribution in [2.24, 2.45) is 0 Å². The molecule has 0 aliphatic heterocycles. The molecule has 0 aliphatic rings. The zero-order valence-electron chi connectivity index (χ0n) is 7.12. The Hall–Kier alpha value is -2.17. The van der Waals surface area contributed by atoms with Crippen LogP contribution in [0.5, 0.6) is 5.75 Å². The molecule has 2 heterocycles. The van der Waals surface area contributed by atoms with Gasteiger partial charge in [-0.1, -0.05) is 0 Å². The maximum absolute atomic E-state index is 9.34. The first-order valence-electron chi connectivity index (χ1n) is 4.14. The van der Waals surface area contributed by atoms with Crippen molar-refractivity contribution in [1.82, 2.24) is 19.8 Å². The Balaban J connectivity index is 2.60. The summed E-state index contributed by atoms with van der Waals surface area (Å²) in [6.07, 6.45) is 1.65. The van der Waals surface area contributed by atoms with Gasteiger partial charge < -0.3 is 5.11 Å². The van der Waals surface area contributed by atoms with Crippen LogP contribution in [0.1, 0.15) is 0 Å². The van der Waals surface area contributed by atoms with Crippen molar-refractivity contribution in [3.63, 3.8) is 0 Å². The van der Waals surface area contributed by atoms with E-state index >= 15 is 0 Å². The number of aromatic hydroxyl groups is 1. The van der Waals surface area contributed by atoms with Crippen molar-refractivity contribution in [3.8, 4) is 5.75 Å². The molecular weight excluding hydrogens is 180 g/mol. The fraction of sp³-hybridized carbons (Fsp3) is 0. The third kappa shape index (κ3) is 0.861. The number of nitrogens with zero attached hydrogens (tertiary/aromatic N) is 4. The Morgan fingerprint density at radius 2 is 2.07 bits per heavy atom. The summed E-state index contributed by atoms with van der Waals surface area (Å²) in [5.74, 6) is 0.197. The Labute approximate surface area is 78.6 Å². The van der Waals surface area contributed by atoms with E-state index in [1.54, 1.807) is 35.0 Å². The summed E-state index contributed by atoms with van der Waals surface area (Å²) in [4.78, 5) is 0. The van der Waals surface area contributed by atoms with Gasteiger partial charge in [-0.25, -0.2) is 4.52 Å². The minimum Gasteiger partial charge on any atom is -0.508 e. The molecular formula is C9H6N4O. The Bertz CT molecular complexity index is 616. The zero-order valence-corrected chi connectivity index (χ0v) is 7.12. The van der Waals surface area contributed by atoms with Gasteiger partial charge in [0.2, 0.25) is 0 Å². The second-order valence-corrected chi connectivity index (χ2v) is 2.97. The van der Waals surface area contributed by atoms with Crippen LogP contribution in [0.4, 0.5) is 0 Å². The van der Waals surface area contributed by atoms with E-state index in [2.05, 4.69) is 15.3 Å². The molecule has 0 aliphatic carbocycles. The van der Waals surface area contributed by atoms with Gasteiger partial charge in [-0.15, -0.1) is 10.2 Å². The lowest BCUT2D eigenvalue weighted by molar-refractivity contribution is 0.476. The molecule has 0 spiro atoms. The molecule has 3 aromatic rings. The molecule has 0 saturated carbocycles. The van der Waals surface area contributed by atoms with Crippen molar-refractivity contribution in [2.75, 3.05) is 0 Å². The number of hydrogen-bond donors (Lipinski definition) is 1. The summed E-state index contributed by atoms with van der Waals surface area (Å²) in [5.41, 5.74) is 2.13.